The summed E-state index contributed by atoms with van der Waals surface area (Å²) in [6.45, 7) is 4.42. The molecule has 0 aliphatic carbocycles. The second-order valence-electron chi connectivity index (χ2n) is 5.03. The number of benzene rings is 1. The van der Waals surface area contributed by atoms with Crippen LogP contribution in [0.3, 0.4) is 0 Å². The molecule has 0 aliphatic rings. The van der Waals surface area contributed by atoms with E-state index in [-0.39, 0.29) is 12.2 Å². The number of rotatable bonds is 5. The van der Waals surface area contributed by atoms with Crippen LogP contribution in [0.5, 0.6) is 0 Å². The Morgan fingerprint density at radius 3 is 2.48 bits per heavy atom. The minimum absolute atomic E-state index is 0.196. The number of hydrogen-bond donors (Lipinski definition) is 1. The fraction of sp³-hybridized carbons (Fsp3) is 0.250. The van der Waals surface area contributed by atoms with Crippen molar-refractivity contribution in [2.45, 2.75) is 26.4 Å². The Morgan fingerprint density at radius 1 is 1.24 bits per heavy atom. The first kappa shape index (κ1) is 14.8. The van der Waals surface area contributed by atoms with Crippen molar-refractivity contribution in [1.29, 1.82) is 0 Å². The highest BCUT2D eigenvalue weighted by atomic mass is 16.7. The molecule has 1 aromatic carbocycles. The van der Waals surface area contributed by atoms with Gasteiger partial charge in [-0.05, 0) is 29.2 Å². The van der Waals surface area contributed by atoms with Gasteiger partial charge in [-0.1, -0.05) is 38.1 Å². The predicted molar refractivity (Wildman–Crippen MR) is 78.5 cm³/mol. The van der Waals surface area contributed by atoms with E-state index < -0.39 is 11.5 Å². The van der Waals surface area contributed by atoms with E-state index >= 15 is 0 Å². The van der Waals surface area contributed by atoms with Gasteiger partial charge in [0.15, 0.2) is 0 Å². The van der Waals surface area contributed by atoms with E-state index in [0.29, 0.717) is 5.92 Å². The molecule has 0 fully saturated rings. The minimum atomic E-state index is -1.26. The van der Waals surface area contributed by atoms with Crippen molar-refractivity contribution in [2.75, 3.05) is 0 Å². The molecule has 5 nitrogen and oxygen atoms in total. The average molecular weight is 287 g/mol. The molecule has 110 valence electrons. The number of carboxylic acids is 1. The summed E-state index contributed by atoms with van der Waals surface area (Å²) in [5, 5.41) is 8.89. The molecule has 0 saturated carbocycles. The molecule has 0 amide bonds. The number of aromatic carboxylic acids is 1. The zero-order chi connectivity index (χ0) is 15.4. The van der Waals surface area contributed by atoms with Gasteiger partial charge in [0.25, 0.3) is 5.56 Å². The molecule has 0 atom stereocenters. The Labute approximate surface area is 122 Å². The second-order valence-corrected chi connectivity index (χ2v) is 5.03. The molecular formula is C16H17NO4. The van der Waals surface area contributed by atoms with Gasteiger partial charge in [0.05, 0.1) is 0 Å². The largest absolute Gasteiger partial charge is 0.477 e. The molecular weight excluding hydrogens is 270 g/mol. The third-order valence-corrected chi connectivity index (χ3v) is 3.16. The predicted octanol–water partition coefficient (Wildman–Crippen LogP) is 2.30. The van der Waals surface area contributed by atoms with Crippen LogP contribution >= 0.6 is 0 Å². The first-order valence-corrected chi connectivity index (χ1v) is 6.66. The van der Waals surface area contributed by atoms with Gasteiger partial charge < -0.3 is 9.94 Å². The lowest BCUT2D eigenvalue weighted by Crippen LogP contribution is -2.30. The van der Waals surface area contributed by atoms with Gasteiger partial charge in [-0.3, -0.25) is 4.79 Å². The second kappa shape index (κ2) is 6.26. The highest BCUT2D eigenvalue weighted by Crippen LogP contribution is 2.14. The Balaban J connectivity index is 2.11. The van der Waals surface area contributed by atoms with Gasteiger partial charge in [0.2, 0.25) is 0 Å². The Kier molecular flexibility index (Phi) is 4.42. The van der Waals surface area contributed by atoms with Gasteiger partial charge in [0.1, 0.15) is 12.2 Å². The lowest BCUT2D eigenvalue weighted by Gasteiger charge is -2.10. The van der Waals surface area contributed by atoms with E-state index in [2.05, 4.69) is 13.8 Å². The molecule has 2 aromatic rings. The summed E-state index contributed by atoms with van der Waals surface area (Å²) in [4.78, 5) is 28.1. The Morgan fingerprint density at radius 2 is 1.90 bits per heavy atom. The van der Waals surface area contributed by atoms with Crippen molar-refractivity contribution in [3.8, 4) is 0 Å². The molecule has 1 N–H and O–H groups in total. The minimum Gasteiger partial charge on any atom is -0.477 e. The monoisotopic (exact) mass is 287 g/mol. The molecule has 1 heterocycles. The van der Waals surface area contributed by atoms with E-state index in [1.807, 2.05) is 24.3 Å². The average Bonchev–Trinajstić information content (AvgIpc) is 2.46. The molecule has 5 heteroatoms. The number of carbonyl (C=O) groups is 1. The molecule has 0 bridgehead atoms. The third-order valence-electron chi connectivity index (χ3n) is 3.16. The normalized spacial score (nSPS) is 10.6. The van der Waals surface area contributed by atoms with Crippen LogP contribution in [0.15, 0.2) is 47.4 Å². The van der Waals surface area contributed by atoms with Gasteiger partial charge in [-0.25, -0.2) is 4.79 Å². The summed E-state index contributed by atoms with van der Waals surface area (Å²) in [6, 6.07) is 10.6. The van der Waals surface area contributed by atoms with Crippen LogP contribution in [-0.4, -0.2) is 15.8 Å². The number of nitrogens with zero attached hydrogens (tertiary/aromatic N) is 1. The zero-order valence-corrected chi connectivity index (χ0v) is 11.9. The van der Waals surface area contributed by atoms with Crippen LogP contribution in [0.1, 0.15) is 41.3 Å². The molecule has 1 aromatic heterocycles. The lowest BCUT2D eigenvalue weighted by atomic mass is 10.0. The summed E-state index contributed by atoms with van der Waals surface area (Å²) < 4.78 is 0.944. The first-order chi connectivity index (χ1) is 9.99. The number of carboxylic acid groups (broad SMARTS) is 1. The summed E-state index contributed by atoms with van der Waals surface area (Å²) in [5.74, 6) is -0.811. The molecule has 0 radical (unpaired) electrons. The van der Waals surface area contributed by atoms with Crippen molar-refractivity contribution in [1.82, 2.24) is 4.73 Å². The van der Waals surface area contributed by atoms with Crippen molar-refractivity contribution in [3.05, 3.63) is 69.6 Å². The number of hydrogen-bond acceptors (Lipinski definition) is 3. The molecule has 0 spiro atoms. The summed E-state index contributed by atoms with van der Waals surface area (Å²) >= 11 is 0. The fourth-order valence-corrected chi connectivity index (χ4v) is 1.88. The number of aromatic nitrogens is 1. The van der Waals surface area contributed by atoms with Crippen molar-refractivity contribution in [3.63, 3.8) is 0 Å². The highest BCUT2D eigenvalue weighted by molar-refractivity contribution is 5.86. The van der Waals surface area contributed by atoms with E-state index in [4.69, 9.17) is 9.94 Å². The molecule has 21 heavy (non-hydrogen) atoms. The fourth-order valence-electron chi connectivity index (χ4n) is 1.88. The Bertz CT molecular complexity index is 686. The smallest absolute Gasteiger partial charge is 0.341 e. The van der Waals surface area contributed by atoms with Crippen molar-refractivity contribution in [2.24, 2.45) is 0 Å². The summed E-state index contributed by atoms with van der Waals surface area (Å²) in [6.07, 6.45) is 1.40. The molecule has 2 rings (SSSR count). The quantitative estimate of drug-likeness (QED) is 0.916. The topological polar surface area (TPSA) is 68.5 Å². The van der Waals surface area contributed by atoms with Gasteiger partial charge in [0, 0.05) is 6.20 Å². The van der Waals surface area contributed by atoms with Crippen LogP contribution in [0.25, 0.3) is 0 Å². The SMILES string of the molecule is CC(C)c1ccc(COn2cccc(C(=O)O)c2=O)cc1. The maximum Gasteiger partial charge on any atom is 0.341 e. The van der Waals surface area contributed by atoms with Crippen LogP contribution in [0, 0.1) is 0 Å². The van der Waals surface area contributed by atoms with Crippen LogP contribution in [-0.2, 0) is 6.61 Å². The van der Waals surface area contributed by atoms with E-state index in [1.54, 1.807) is 0 Å². The maximum atomic E-state index is 11.8. The standard InChI is InChI=1S/C16H17NO4/c1-11(2)13-7-5-12(6-8-13)10-21-17-9-3-4-14(15(17)18)16(19)20/h3-9,11H,10H2,1-2H3,(H,19,20). The van der Waals surface area contributed by atoms with Gasteiger partial charge in [-0.15, -0.1) is 0 Å². The third kappa shape index (κ3) is 3.51. The molecule has 0 aliphatic heterocycles. The van der Waals surface area contributed by atoms with Crippen LogP contribution in [0.2, 0.25) is 0 Å². The van der Waals surface area contributed by atoms with Crippen molar-refractivity contribution < 1.29 is 14.7 Å². The number of pyridine rings is 1. The highest BCUT2D eigenvalue weighted by Gasteiger charge is 2.10. The lowest BCUT2D eigenvalue weighted by molar-refractivity contribution is 0.0668. The van der Waals surface area contributed by atoms with Crippen molar-refractivity contribution >= 4 is 5.97 Å². The van der Waals surface area contributed by atoms with Gasteiger partial charge >= 0.3 is 5.97 Å². The first-order valence-electron chi connectivity index (χ1n) is 6.66. The van der Waals surface area contributed by atoms with Gasteiger partial charge in [-0.2, -0.15) is 4.73 Å². The zero-order valence-electron chi connectivity index (χ0n) is 11.9. The van der Waals surface area contributed by atoms with Crippen LogP contribution in [0.4, 0.5) is 0 Å². The van der Waals surface area contributed by atoms with E-state index in [0.717, 1.165) is 10.3 Å². The van der Waals surface area contributed by atoms with E-state index in [9.17, 15) is 9.59 Å². The molecule has 0 saturated heterocycles. The summed E-state index contributed by atoms with van der Waals surface area (Å²) in [7, 11) is 0. The molecule has 0 unspecified atom stereocenters. The maximum absolute atomic E-state index is 11.8. The Hall–Kier alpha value is -2.56. The van der Waals surface area contributed by atoms with Crippen LogP contribution < -0.4 is 10.4 Å². The summed E-state index contributed by atoms with van der Waals surface area (Å²) in [5.41, 5.74) is 1.15. The van der Waals surface area contributed by atoms with E-state index in [1.165, 1.54) is 23.9 Å².